The minimum atomic E-state index is -0.417. The molecule has 30 heavy (non-hydrogen) atoms. The molecule has 0 aliphatic carbocycles. The average Bonchev–Trinajstić information content (AvgIpc) is 2.98. The minimum Gasteiger partial charge on any atom is -0.496 e. The highest BCUT2D eigenvalue weighted by Gasteiger charge is 2.45. The number of carbonyl (C=O) groups is 2. The summed E-state index contributed by atoms with van der Waals surface area (Å²) in [6.45, 7) is 4.93. The van der Waals surface area contributed by atoms with Crippen molar-refractivity contribution < 1.29 is 19.1 Å². The van der Waals surface area contributed by atoms with Crippen LogP contribution in [0.5, 0.6) is 5.75 Å². The number of carbonyl (C=O) groups excluding carboxylic acids is 2. The predicted octanol–water partition coefficient (Wildman–Crippen LogP) is 3.74. The van der Waals surface area contributed by atoms with Crippen molar-refractivity contribution in [1.82, 2.24) is 4.90 Å². The zero-order valence-electron chi connectivity index (χ0n) is 17.1. The molecule has 2 aromatic rings. The molecule has 0 aromatic heterocycles. The normalized spacial score (nSPS) is 22.1. The molecule has 2 unspecified atom stereocenters. The van der Waals surface area contributed by atoms with Crippen molar-refractivity contribution in [3.05, 3.63) is 64.8 Å². The molecule has 2 aliphatic heterocycles. The lowest BCUT2D eigenvalue weighted by Crippen LogP contribution is -2.47. The van der Waals surface area contributed by atoms with Crippen LogP contribution in [0.2, 0.25) is 5.02 Å². The largest absolute Gasteiger partial charge is 0.496 e. The van der Waals surface area contributed by atoms with Crippen LogP contribution < -0.4 is 9.64 Å². The van der Waals surface area contributed by atoms with E-state index in [1.807, 2.05) is 30.9 Å². The topological polar surface area (TPSA) is 59.1 Å². The third kappa shape index (κ3) is 3.46. The number of benzene rings is 2. The Kier molecular flexibility index (Phi) is 5.54. The van der Waals surface area contributed by atoms with Crippen LogP contribution in [-0.2, 0) is 14.3 Å². The Morgan fingerprint density at radius 2 is 1.60 bits per heavy atom. The van der Waals surface area contributed by atoms with Gasteiger partial charge in [-0.05, 0) is 32.0 Å². The summed E-state index contributed by atoms with van der Waals surface area (Å²) in [7, 11) is 1.55. The Balaban J connectivity index is 1.89. The number of hydrogen-bond acceptors (Lipinski definition) is 5. The van der Waals surface area contributed by atoms with Crippen molar-refractivity contribution in [2.45, 2.75) is 26.1 Å². The maximum atomic E-state index is 13.6. The molecule has 2 aromatic carbocycles. The molecular weight excluding hydrogens is 404 g/mol. The van der Waals surface area contributed by atoms with Crippen LogP contribution in [0.1, 0.15) is 19.4 Å². The Morgan fingerprint density at radius 3 is 2.27 bits per heavy atom. The van der Waals surface area contributed by atoms with Gasteiger partial charge in [0, 0.05) is 18.7 Å². The Bertz CT molecular complexity index is 1030. The summed E-state index contributed by atoms with van der Waals surface area (Å²) in [5.74, 6) is -0.281. The molecule has 0 bridgehead atoms. The molecule has 2 atom stereocenters. The van der Waals surface area contributed by atoms with E-state index in [-0.39, 0.29) is 12.2 Å². The van der Waals surface area contributed by atoms with Gasteiger partial charge < -0.3 is 14.4 Å². The van der Waals surface area contributed by atoms with Gasteiger partial charge in [0.25, 0.3) is 11.8 Å². The van der Waals surface area contributed by atoms with E-state index in [0.29, 0.717) is 46.4 Å². The fourth-order valence-electron chi connectivity index (χ4n) is 4.12. The van der Waals surface area contributed by atoms with E-state index >= 15 is 0 Å². The number of imide groups is 1. The van der Waals surface area contributed by atoms with E-state index in [4.69, 9.17) is 21.1 Å². The van der Waals surface area contributed by atoms with Gasteiger partial charge in [0.1, 0.15) is 11.4 Å². The Hall–Kier alpha value is -2.83. The highest BCUT2D eigenvalue weighted by atomic mass is 35.5. The highest BCUT2D eigenvalue weighted by molar-refractivity contribution is 6.47. The summed E-state index contributed by atoms with van der Waals surface area (Å²) in [6.07, 6.45) is -0.144. The smallest absolute Gasteiger partial charge is 0.282 e. The first kappa shape index (κ1) is 20.4. The summed E-state index contributed by atoms with van der Waals surface area (Å²) >= 11 is 6.34. The maximum Gasteiger partial charge on any atom is 0.282 e. The average molecular weight is 427 g/mol. The lowest BCUT2D eigenvalue weighted by Gasteiger charge is -2.37. The fourth-order valence-corrected chi connectivity index (χ4v) is 4.34. The number of hydrogen-bond donors (Lipinski definition) is 0. The number of rotatable bonds is 4. The van der Waals surface area contributed by atoms with E-state index in [1.54, 1.807) is 43.5 Å². The standard InChI is InChI=1S/C23H23ClN2O4/c1-14-12-25(13-15(2)30-14)21-20(16-8-4-7-11-19(16)29-3)22(27)26(23(21)28)18-10-6-5-9-17(18)24/h4-11,14-15H,12-13H2,1-3H3. The van der Waals surface area contributed by atoms with Crippen molar-refractivity contribution in [2.24, 2.45) is 0 Å². The van der Waals surface area contributed by atoms with Crippen molar-refractivity contribution in [3.8, 4) is 5.75 Å². The van der Waals surface area contributed by atoms with Crippen molar-refractivity contribution in [1.29, 1.82) is 0 Å². The lowest BCUT2D eigenvalue weighted by atomic mass is 10.0. The van der Waals surface area contributed by atoms with Crippen LogP contribution >= 0.6 is 11.6 Å². The minimum absolute atomic E-state index is 0.0718. The number of methoxy groups -OCH3 is 1. The van der Waals surface area contributed by atoms with Gasteiger partial charge in [0.15, 0.2) is 0 Å². The summed E-state index contributed by atoms with van der Waals surface area (Å²) in [5, 5.41) is 0.337. The number of ether oxygens (including phenoxy) is 2. The maximum absolute atomic E-state index is 13.6. The first-order chi connectivity index (χ1) is 14.4. The van der Waals surface area contributed by atoms with Crippen LogP contribution in [0.4, 0.5) is 5.69 Å². The van der Waals surface area contributed by atoms with E-state index in [2.05, 4.69) is 0 Å². The molecule has 0 N–H and O–H groups in total. The summed E-state index contributed by atoms with van der Waals surface area (Å²) in [5.41, 5.74) is 1.62. The second-order valence-electron chi connectivity index (χ2n) is 7.48. The van der Waals surface area contributed by atoms with Crippen molar-refractivity contribution in [3.63, 3.8) is 0 Å². The zero-order valence-corrected chi connectivity index (χ0v) is 17.8. The molecule has 156 valence electrons. The molecular formula is C23H23ClN2O4. The van der Waals surface area contributed by atoms with E-state index in [0.717, 1.165) is 4.90 Å². The van der Waals surface area contributed by atoms with Crippen LogP contribution in [0, 0.1) is 0 Å². The molecule has 7 heteroatoms. The van der Waals surface area contributed by atoms with Crippen molar-refractivity contribution in [2.75, 3.05) is 25.1 Å². The number of amides is 2. The summed E-state index contributed by atoms with van der Waals surface area (Å²) in [6, 6.07) is 14.1. The molecule has 2 amide bonds. The second kappa shape index (κ2) is 8.13. The van der Waals surface area contributed by atoms with Crippen LogP contribution in [0.25, 0.3) is 5.57 Å². The van der Waals surface area contributed by atoms with Gasteiger partial charge in [0.2, 0.25) is 0 Å². The van der Waals surface area contributed by atoms with E-state index in [1.165, 1.54) is 0 Å². The molecule has 1 saturated heterocycles. The summed E-state index contributed by atoms with van der Waals surface area (Å²) in [4.78, 5) is 30.4. The van der Waals surface area contributed by atoms with E-state index < -0.39 is 11.8 Å². The van der Waals surface area contributed by atoms with Crippen LogP contribution in [0.3, 0.4) is 0 Å². The van der Waals surface area contributed by atoms with Gasteiger partial charge in [0.05, 0.1) is 35.6 Å². The van der Waals surface area contributed by atoms with Gasteiger partial charge in [-0.15, -0.1) is 0 Å². The van der Waals surface area contributed by atoms with Gasteiger partial charge in [-0.2, -0.15) is 0 Å². The van der Waals surface area contributed by atoms with Crippen LogP contribution in [-0.4, -0.2) is 49.1 Å². The molecule has 0 spiro atoms. The third-order valence-electron chi connectivity index (χ3n) is 5.26. The molecule has 0 radical (unpaired) electrons. The second-order valence-corrected chi connectivity index (χ2v) is 7.89. The SMILES string of the molecule is COc1ccccc1C1=C(N2CC(C)OC(C)C2)C(=O)N(c2ccccc2Cl)C1=O. The number of nitrogens with zero attached hydrogens (tertiary/aromatic N) is 2. The lowest BCUT2D eigenvalue weighted by molar-refractivity contribution is -0.121. The predicted molar refractivity (Wildman–Crippen MR) is 115 cm³/mol. The van der Waals surface area contributed by atoms with Crippen molar-refractivity contribution >= 4 is 34.7 Å². The highest BCUT2D eigenvalue weighted by Crippen LogP contribution is 2.40. The third-order valence-corrected chi connectivity index (χ3v) is 5.58. The first-order valence-electron chi connectivity index (χ1n) is 9.83. The van der Waals surface area contributed by atoms with Crippen LogP contribution in [0.15, 0.2) is 54.2 Å². The number of anilines is 1. The first-order valence-corrected chi connectivity index (χ1v) is 10.2. The van der Waals surface area contributed by atoms with Gasteiger partial charge in [-0.1, -0.05) is 41.9 Å². The van der Waals surface area contributed by atoms with E-state index in [9.17, 15) is 9.59 Å². The summed E-state index contributed by atoms with van der Waals surface area (Å²) < 4.78 is 11.3. The zero-order chi connectivity index (χ0) is 21.4. The number of halogens is 1. The fraction of sp³-hybridized carbons (Fsp3) is 0.304. The molecule has 2 heterocycles. The molecule has 1 fully saturated rings. The van der Waals surface area contributed by atoms with Gasteiger partial charge >= 0.3 is 0 Å². The quantitative estimate of drug-likeness (QED) is 0.697. The van der Waals surface area contributed by atoms with Gasteiger partial charge in [-0.3, -0.25) is 9.59 Å². The number of morpholine rings is 1. The molecule has 6 nitrogen and oxygen atoms in total. The molecule has 4 rings (SSSR count). The number of para-hydroxylation sites is 2. The van der Waals surface area contributed by atoms with Gasteiger partial charge in [-0.25, -0.2) is 4.90 Å². The Labute approximate surface area is 180 Å². The molecule has 2 aliphatic rings. The molecule has 0 saturated carbocycles. The monoisotopic (exact) mass is 426 g/mol. The Morgan fingerprint density at radius 1 is 0.967 bits per heavy atom.